The van der Waals surface area contributed by atoms with Crippen LogP contribution in [0.25, 0.3) is 0 Å². The Balaban J connectivity index is 2.43. The normalized spacial score (nSPS) is 38.3. The van der Waals surface area contributed by atoms with Crippen molar-refractivity contribution in [3.63, 3.8) is 0 Å². The van der Waals surface area contributed by atoms with Gasteiger partial charge in [0, 0.05) is 0 Å². The molecule has 0 aliphatic carbocycles. The molecule has 0 amide bonds. The van der Waals surface area contributed by atoms with Crippen molar-refractivity contribution in [3.8, 4) is 0 Å². The van der Waals surface area contributed by atoms with Crippen LogP contribution in [0.1, 0.15) is 26.2 Å². The fraction of sp³-hybridized carbons (Fsp3) is 1.00. The molecule has 1 heterocycles. The van der Waals surface area contributed by atoms with Crippen LogP contribution in [0.2, 0.25) is 0 Å². The van der Waals surface area contributed by atoms with E-state index in [2.05, 4.69) is 12.2 Å². The first kappa shape index (κ1) is 14.8. The molecule has 0 aromatic carbocycles. The highest BCUT2D eigenvalue weighted by Gasteiger charge is 2.43. The Hall–Kier alpha value is -0.240. The highest BCUT2D eigenvalue weighted by atomic mass is 16.6. The quantitative estimate of drug-likeness (QED) is 0.370. The minimum atomic E-state index is -1.22. The summed E-state index contributed by atoms with van der Waals surface area (Å²) >= 11 is 0. The van der Waals surface area contributed by atoms with Crippen molar-refractivity contribution in [2.75, 3.05) is 13.2 Å². The van der Waals surface area contributed by atoms with E-state index < -0.39 is 37.3 Å². The summed E-state index contributed by atoms with van der Waals surface area (Å²) in [7, 11) is 0. The van der Waals surface area contributed by atoms with Gasteiger partial charge in [0.1, 0.15) is 18.3 Å². The molecule has 0 aromatic heterocycles. The molecule has 102 valence electrons. The molecule has 5 atom stereocenters. The van der Waals surface area contributed by atoms with Crippen LogP contribution in [0.15, 0.2) is 0 Å². The van der Waals surface area contributed by atoms with E-state index in [-0.39, 0.29) is 0 Å². The monoisotopic (exact) mass is 249 g/mol. The Kier molecular flexibility index (Phi) is 6.32. The van der Waals surface area contributed by atoms with Crippen molar-refractivity contribution in [1.82, 2.24) is 5.32 Å². The number of ether oxygens (including phenoxy) is 1. The van der Waals surface area contributed by atoms with Crippen molar-refractivity contribution in [2.45, 2.75) is 56.8 Å². The maximum atomic E-state index is 9.80. The molecule has 0 spiro atoms. The molecule has 0 unspecified atom stereocenters. The van der Waals surface area contributed by atoms with E-state index in [4.69, 9.17) is 9.84 Å². The Morgan fingerprint density at radius 1 is 1.12 bits per heavy atom. The Labute approximate surface area is 101 Å². The molecule has 0 aromatic rings. The van der Waals surface area contributed by atoms with E-state index in [1.54, 1.807) is 0 Å². The number of aliphatic hydroxyl groups is 4. The van der Waals surface area contributed by atoms with Gasteiger partial charge in [-0.3, -0.25) is 0 Å². The molecule has 0 radical (unpaired) electrons. The van der Waals surface area contributed by atoms with Gasteiger partial charge >= 0.3 is 0 Å². The topological polar surface area (TPSA) is 102 Å². The van der Waals surface area contributed by atoms with Gasteiger partial charge in [0.25, 0.3) is 0 Å². The molecule has 1 aliphatic rings. The molecule has 6 nitrogen and oxygen atoms in total. The minimum Gasteiger partial charge on any atom is -0.394 e. The third kappa shape index (κ3) is 3.87. The van der Waals surface area contributed by atoms with Crippen molar-refractivity contribution in [3.05, 3.63) is 0 Å². The second-order valence-corrected chi connectivity index (χ2v) is 4.42. The third-order valence-electron chi connectivity index (χ3n) is 3.06. The zero-order valence-corrected chi connectivity index (χ0v) is 10.1. The summed E-state index contributed by atoms with van der Waals surface area (Å²) in [6, 6.07) is -0.718. The van der Waals surface area contributed by atoms with Crippen molar-refractivity contribution in [2.24, 2.45) is 0 Å². The average molecular weight is 249 g/mol. The third-order valence-corrected chi connectivity index (χ3v) is 3.06. The van der Waals surface area contributed by atoms with Gasteiger partial charge in [0.15, 0.2) is 6.29 Å². The molecule has 1 aliphatic heterocycles. The van der Waals surface area contributed by atoms with Gasteiger partial charge in [-0.2, -0.15) is 0 Å². The van der Waals surface area contributed by atoms with E-state index >= 15 is 0 Å². The van der Waals surface area contributed by atoms with Gasteiger partial charge in [-0.05, 0) is 13.0 Å². The summed E-state index contributed by atoms with van der Waals surface area (Å²) in [6.45, 7) is 2.30. The van der Waals surface area contributed by atoms with Crippen LogP contribution in [0.3, 0.4) is 0 Å². The molecule has 5 N–H and O–H groups in total. The number of unbranched alkanes of at least 4 members (excludes halogenated alkanes) is 2. The first-order valence-corrected chi connectivity index (χ1v) is 6.15. The van der Waals surface area contributed by atoms with Gasteiger partial charge in [-0.1, -0.05) is 19.8 Å². The fourth-order valence-corrected chi connectivity index (χ4v) is 1.96. The van der Waals surface area contributed by atoms with E-state index in [1.807, 2.05) is 0 Å². The van der Waals surface area contributed by atoms with Gasteiger partial charge in [0.2, 0.25) is 0 Å². The molecule has 1 rings (SSSR count). The minimum absolute atomic E-state index is 0.433. The molecule has 6 heteroatoms. The lowest BCUT2D eigenvalue weighted by molar-refractivity contribution is -0.254. The van der Waals surface area contributed by atoms with Crippen molar-refractivity contribution >= 4 is 0 Å². The van der Waals surface area contributed by atoms with Crippen LogP contribution in [0, 0.1) is 0 Å². The maximum absolute atomic E-state index is 9.80. The second-order valence-electron chi connectivity index (χ2n) is 4.42. The summed E-state index contributed by atoms with van der Waals surface area (Å²) < 4.78 is 5.02. The Bertz CT molecular complexity index is 216. The first-order chi connectivity index (χ1) is 8.11. The number of nitrogens with one attached hydrogen (secondary N) is 1. The highest BCUT2D eigenvalue weighted by molar-refractivity contribution is 4.92. The van der Waals surface area contributed by atoms with E-state index in [0.29, 0.717) is 6.54 Å². The van der Waals surface area contributed by atoms with Crippen LogP contribution in [0.5, 0.6) is 0 Å². The number of hydrogen-bond acceptors (Lipinski definition) is 6. The lowest BCUT2D eigenvalue weighted by Crippen LogP contribution is -2.63. The predicted molar refractivity (Wildman–Crippen MR) is 61.3 cm³/mol. The second kappa shape index (κ2) is 7.25. The van der Waals surface area contributed by atoms with Crippen molar-refractivity contribution in [1.29, 1.82) is 0 Å². The van der Waals surface area contributed by atoms with Crippen LogP contribution in [0.4, 0.5) is 0 Å². The number of aliphatic hydroxyl groups excluding tert-OH is 4. The lowest BCUT2D eigenvalue weighted by Gasteiger charge is -2.40. The SMILES string of the molecule is CCCCCN[C@@H]1[C@@H](O)[C@H](O)[C@@H](CO)O[C@H]1O. The standard InChI is InChI=1S/C11H23NO5/c1-2-3-4-5-12-8-10(15)9(14)7(6-13)17-11(8)16/h7-16H,2-6H2,1H3/t7-,8-,9-,10-,11-/m1/s1. The van der Waals surface area contributed by atoms with Gasteiger partial charge in [-0.25, -0.2) is 0 Å². The van der Waals surface area contributed by atoms with Crippen LogP contribution >= 0.6 is 0 Å². The smallest absolute Gasteiger partial charge is 0.173 e. The summed E-state index contributed by atoms with van der Waals surface area (Å²) in [5, 5.41) is 41.0. The Morgan fingerprint density at radius 2 is 1.82 bits per heavy atom. The molecule has 17 heavy (non-hydrogen) atoms. The van der Waals surface area contributed by atoms with Crippen LogP contribution < -0.4 is 5.32 Å². The molecular formula is C11H23NO5. The largest absolute Gasteiger partial charge is 0.394 e. The molecule has 1 fully saturated rings. The molecule has 0 saturated carbocycles. The number of rotatable bonds is 6. The van der Waals surface area contributed by atoms with E-state index in [1.165, 1.54) is 0 Å². The van der Waals surface area contributed by atoms with Crippen molar-refractivity contribution < 1.29 is 25.2 Å². The number of hydrogen-bond donors (Lipinski definition) is 5. The summed E-state index contributed by atoms with van der Waals surface area (Å²) in [5.41, 5.74) is 0. The van der Waals surface area contributed by atoms with Gasteiger partial charge in [0.05, 0.1) is 12.6 Å². The zero-order valence-electron chi connectivity index (χ0n) is 10.1. The molecular weight excluding hydrogens is 226 g/mol. The molecule has 0 bridgehead atoms. The summed E-state index contributed by atoms with van der Waals surface area (Å²) in [4.78, 5) is 0. The lowest BCUT2D eigenvalue weighted by atomic mass is 9.97. The van der Waals surface area contributed by atoms with Crippen LogP contribution in [-0.4, -0.2) is 64.2 Å². The summed E-state index contributed by atoms with van der Waals surface area (Å²) in [6.07, 6.45) is -1.39. The van der Waals surface area contributed by atoms with Gasteiger partial charge in [-0.15, -0.1) is 0 Å². The maximum Gasteiger partial charge on any atom is 0.173 e. The predicted octanol–water partition coefficient (Wildman–Crippen LogP) is -1.43. The zero-order chi connectivity index (χ0) is 12.8. The van der Waals surface area contributed by atoms with E-state index in [9.17, 15) is 15.3 Å². The molecule has 1 saturated heterocycles. The van der Waals surface area contributed by atoms with Crippen LogP contribution in [-0.2, 0) is 4.74 Å². The first-order valence-electron chi connectivity index (χ1n) is 6.15. The average Bonchev–Trinajstić information content (AvgIpc) is 2.32. The Morgan fingerprint density at radius 3 is 2.41 bits per heavy atom. The van der Waals surface area contributed by atoms with Gasteiger partial charge < -0.3 is 30.5 Å². The fourth-order valence-electron chi connectivity index (χ4n) is 1.96. The summed E-state index contributed by atoms with van der Waals surface area (Å²) in [5.74, 6) is 0. The van der Waals surface area contributed by atoms with E-state index in [0.717, 1.165) is 19.3 Å². The highest BCUT2D eigenvalue weighted by Crippen LogP contribution is 2.19.